The highest BCUT2D eigenvalue weighted by molar-refractivity contribution is 5.80. The van der Waals surface area contributed by atoms with E-state index in [9.17, 15) is 14.4 Å². The first-order chi connectivity index (χ1) is 16.9. The van der Waals surface area contributed by atoms with Gasteiger partial charge >= 0.3 is 17.6 Å². The van der Waals surface area contributed by atoms with Gasteiger partial charge in [-0.3, -0.25) is 4.79 Å². The van der Waals surface area contributed by atoms with Crippen LogP contribution in [-0.2, 0) is 15.1 Å². The molecule has 0 aliphatic heterocycles. The Labute approximate surface area is 207 Å². The Hall–Kier alpha value is -4.35. The summed E-state index contributed by atoms with van der Waals surface area (Å²) in [4.78, 5) is 34.6. The molecular weight excluding hydrogens is 472 g/mol. The van der Waals surface area contributed by atoms with Crippen LogP contribution in [-0.4, -0.2) is 57.8 Å². The zero-order valence-electron chi connectivity index (χ0n) is 20.9. The number of carboxylic acid groups (broad SMARTS) is 1. The van der Waals surface area contributed by atoms with E-state index in [1.165, 1.54) is 14.2 Å². The highest BCUT2D eigenvalue weighted by atomic mass is 16.6. The van der Waals surface area contributed by atoms with Crippen molar-refractivity contribution in [3.63, 3.8) is 0 Å². The summed E-state index contributed by atoms with van der Waals surface area (Å²) < 4.78 is 15.9. The number of benzene rings is 2. The van der Waals surface area contributed by atoms with E-state index in [-0.39, 0.29) is 10.8 Å². The van der Waals surface area contributed by atoms with Crippen LogP contribution < -0.4 is 20.3 Å². The van der Waals surface area contributed by atoms with Crippen molar-refractivity contribution in [1.29, 1.82) is 0 Å². The van der Waals surface area contributed by atoms with Gasteiger partial charge in [-0.25, -0.2) is 9.59 Å². The molecule has 12 nitrogen and oxygen atoms in total. The van der Waals surface area contributed by atoms with Crippen molar-refractivity contribution >= 4 is 23.0 Å². The predicted octanol–water partition coefficient (Wildman–Crippen LogP) is 2.80. The number of aliphatic carboxylic acids is 1. The van der Waals surface area contributed by atoms with Crippen LogP contribution >= 0.6 is 0 Å². The van der Waals surface area contributed by atoms with E-state index in [2.05, 4.69) is 15.6 Å². The highest BCUT2D eigenvalue weighted by Gasteiger charge is 2.30. The fraction of sp³-hybridized carbons (Fsp3) is 0.375. The smallest absolute Gasteiger partial charge is 0.408 e. The second-order valence-electron chi connectivity index (χ2n) is 8.51. The fourth-order valence-corrected chi connectivity index (χ4v) is 3.10. The van der Waals surface area contributed by atoms with Crippen LogP contribution in [0.4, 0.5) is 4.79 Å². The molecule has 0 aliphatic rings. The molecular formula is C24H30N4O8. The minimum atomic E-state index is -1.11. The molecule has 2 aromatic carbocycles. The fourth-order valence-electron chi connectivity index (χ4n) is 3.10. The molecule has 0 aliphatic carbocycles. The topological polar surface area (TPSA) is 162 Å². The number of ether oxygens (including phenoxy) is 3. The number of alkyl carbamates (subject to hydrolysis) is 1. The lowest BCUT2D eigenvalue weighted by Crippen LogP contribution is -2.46. The van der Waals surface area contributed by atoms with Gasteiger partial charge in [-0.15, -0.1) is 5.10 Å². The summed E-state index contributed by atoms with van der Waals surface area (Å²) in [6, 6.07) is 10.8. The quantitative estimate of drug-likeness (QED) is 0.410. The van der Waals surface area contributed by atoms with Crippen molar-refractivity contribution in [3.05, 3.63) is 58.4 Å². The van der Waals surface area contributed by atoms with Crippen LogP contribution in [0.15, 0.2) is 47.3 Å². The molecule has 36 heavy (non-hydrogen) atoms. The van der Waals surface area contributed by atoms with Crippen LogP contribution in [0.3, 0.4) is 0 Å². The second-order valence-corrected chi connectivity index (χ2v) is 8.51. The summed E-state index contributed by atoms with van der Waals surface area (Å²) in [5.41, 5.74) is -0.426. The zero-order valence-corrected chi connectivity index (χ0v) is 20.9. The van der Waals surface area contributed by atoms with Crippen LogP contribution in [0, 0.1) is 5.92 Å². The van der Waals surface area contributed by atoms with E-state index in [1.807, 2.05) is 0 Å². The number of aromatic nitrogens is 3. The van der Waals surface area contributed by atoms with Gasteiger partial charge in [0, 0.05) is 11.6 Å². The maximum Gasteiger partial charge on any atom is 0.408 e. The second kappa shape index (κ2) is 11.9. The van der Waals surface area contributed by atoms with Crippen molar-refractivity contribution < 1.29 is 34.1 Å². The van der Waals surface area contributed by atoms with Gasteiger partial charge in [0.05, 0.1) is 19.6 Å². The molecule has 0 bridgehead atoms. The van der Waals surface area contributed by atoms with E-state index in [0.29, 0.717) is 28.0 Å². The molecule has 1 aromatic heterocycles. The number of methoxy groups -OCH3 is 2. The Morgan fingerprint density at radius 2 is 1.64 bits per heavy atom. The zero-order chi connectivity index (χ0) is 27.0. The number of nitrogens with one attached hydrogen (secondary N) is 1. The summed E-state index contributed by atoms with van der Waals surface area (Å²) in [5.74, 6) is -0.253. The number of carboxylic acids is 1. The molecule has 0 fully saturated rings. The molecule has 1 heterocycles. The van der Waals surface area contributed by atoms with E-state index >= 15 is 0 Å². The van der Waals surface area contributed by atoms with Gasteiger partial charge < -0.3 is 29.8 Å². The molecule has 194 valence electrons. The first-order valence-corrected chi connectivity index (χ1v) is 10.9. The van der Waals surface area contributed by atoms with Crippen molar-refractivity contribution in [2.24, 2.45) is 5.92 Å². The van der Waals surface area contributed by atoms with Gasteiger partial charge in [-0.05, 0) is 54.1 Å². The Bertz CT molecular complexity index is 1250. The number of nitrogens with zero attached hydrogens (tertiary/aromatic N) is 3. The molecule has 0 spiro atoms. The number of rotatable bonds is 7. The lowest BCUT2D eigenvalue weighted by molar-refractivity contribution is -0.140. The molecule has 3 N–H and O–H groups in total. The minimum absolute atomic E-state index is 0.225. The SMILES string of the molecule is COc1cc(OC)cc(C(C)(C)OC(=O)N[C@H](C(=O)O)C(C)C)c1.O=c1c2ccccc2nnn1O. The number of carbonyl (C=O) groups is 2. The molecule has 1 atom stereocenters. The monoisotopic (exact) mass is 502 g/mol. The lowest BCUT2D eigenvalue weighted by atomic mass is 9.97. The maximum absolute atomic E-state index is 12.1. The van der Waals surface area contributed by atoms with Gasteiger partial charge in [0.25, 0.3) is 0 Å². The molecule has 0 unspecified atom stereocenters. The predicted molar refractivity (Wildman–Crippen MR) is 129 cm³/mol. The van der Waals surface area contributed by atoms with E-state index in [0.717, 1.165) is 0 Å². The molecule has 3 aromatic rings. The number of amides is 1. The molecule has 0 saturated carbocycles. The third-order valence-electron chi connectivity index (χ3n) is 5.15. The van der Waals surface area contributed by atoms with Gasteiger partial charge in [0.15, 0.2) is 0 Å². The van der Waals surface area contributed by atoms with E-state index in [4.69, 9.17) is 24.5 Å². The number of hydrogen-bond donors (Lipinski definition) is 3. The van der Waals surface area contributed by atoms with Gasteiger partial charge in [-0.1, -0.05) is 26.0 Å². The van der Waals surface area contributed by atoms with E-state index in [1.54, 1.807) is 70.2 Å². The molecule has 12 heteroatoms. The third kappa shape index (κ3) is 7.08. The number of fused-ring (bicyclic) bond motifs is 1. The van der Waals surface area contributed by atoms with Crippen LogP contribution in [0.2, 0.25) is 0 Å². The summed E-state index contributed by atoms with van der Waals surface area (Å²) in [6.45, 7) is 6.81. The first kappa shape index (κ1) is 27.9. The van der Waals surface area contributed by atoms with Gasteiger partial charge in [-0.2, -0.15) is 0 Å². The summed E-state index contributed by atoms with van der Waals surface area (Å²) in [7, 11) is 3.05. The van der Waals surface area contributed by atoms with Crippen LogP contribution in [0.25, 0.3) is 10.9 Å². The summed E-state index contributed by atoms with van der Waals surface area (Å²) >= 11 is 0. The maximum atomic E-state index is 12.1. The van der Waals surface area contributed by atoms with Crippen LogP contribution in [0.1, 0.15) is 33.3 Å². The molecule has 0 radical (unpaired) electrons. The molecule has 3 rings (SSSR count). The Balaban J connectivity index is 0.000000313. The third-order valence-corrected chi connectivity index (χ3v) is 5.15. The highest BCUT2D eigenvalue weighted by Crippen LogP contribution is 2.32. The average molecular weight is 503 g/mol. The van der Waals surface area contributed by atoms with Crippen LogP contribution in [0.5, 0.6) is 11.5 Å². The summed E-state index contributed by atoms with van der Waals surface area (Å²) in [6.07, 6.45) is -0.803. The largest absolute Gasteiger partial charge is 0.497 e. The van der Waals surface area contributed by atoms with Crippen molar-refractivity contribution in [3.8, 4) is 11.5 Å². The number of hydrogen-bond acceptors (Lipinski definition) is 9. The van der Waals surface area contributed by atoms with Gasteiger partial charge in [0.2, 0.25) is 0 Å². The Morgan fingerprint density at radius 1 is 1.06 bits per heavy atom. The Morgan fingerprint density at radius 3 is 2.17 bits per heavy atom. The normalized spacial score (nSPS) is 11.8. The Kier molecular flexibility index (Phi) is 9.19. The van der Waals surface area contributed by atoms with Gasteiger partial charge in [0.1, 0.15) is 28.7 Å². The molecule has 0 saturated heterocycles. The van der Waals surface area contributed by atoms with Crippen molar-refractivity contribution in [2.75, 3.05) is 14.2 Å². The summed E-state index contributed by atoms with van der Waals surface area (Å²) in [5, 5.41) is 27.5. The van der Waals surface area contributed by atoms with Crippen molar-refractivity contribution in [1.82, 2.24) is 20.5 Å². The van der Waals surface area contributed by atoms with Crippen molar-refractivity contribution in [2.45, 2.75) is 39.3 Å². The molecule has 1 amide bonds. The van der Waals surface area contributed by atoms with E-state index < -0.39 is 29.3 Å². The number of carbonyl (C=O) groups excluding carboxylic acids is 1. The standard InChI is InChI=1S/C17H25NO6.C7H5N3O2/c1-10(2)14(15(19)20)18-16(21)24-17(3,4)11-7-12(22-5)9-13(8-11)23-6;11-7-5-3-1-2-4-6(5)8-9-10(7)12/h7-10,14H,1-6H3,(H,18,21)(H,19,20);1-4,12H/t14-;/m0./s1. The lowest BCUT2D eigenvalue weighted by Gasteiger charge is -2.28. The minimum Gasteiger partial charge on any atom is -0.497 e. The first-order valence-electron chi connectivity index (χ1n) is 10.9. The average Bonchev–Trinajstić information content (AvgIpc) is 2.84.